The average molecular weight is 226 g/mol. The zero-order chi connectivity index (χ0) is 10.8. The first-order valence-corrected chi connectivity index (χ1v) is 4.76. The number of anilines is 1. The maximum Gasteiger partial charge on any atom is 0.129 e. The van der Waals surface area contributed by atoms with E-state index in [2.05, 4.69) is 5.10 Å². The molecule has 0 radical (unpaired) electrons. The fraction of sp³-hybridized carbons (Fsp3) is 0.100. The molecule has 1 aromatic carbocycles. The molecule has 2 rings (SSSR count). The van der Waals surface area contributed by atoms with Crippen molar-refractivity contribution in [2.45, 2.75) is 6.54 Å². The van der Waals surface area contributed by atoms with Crippen LogP contribution in [0.4, 0.5) is 10.2 Å². The minimum Gasteiger partial charge on any atom is -0.384 e. The smallest absolute Gasteiger partial charge is 0.129 e. The molecule has 0 bridgehead atoms. The minimum atomic E-state index is -0.350. The molecule has 15 heavy (non-hydrogen) atoms. The molecule has 0 unspecified atom stereocenters. The summed E-state index contributed by atoms with van der Waals surface area (Å²) >= 11 is 5.64. The number of nitrogen functional groups attached to an aromatic ring is 1. The number of hydrogen-bond donors (Lipinski definition) is 1. The lowest BCUT2D eigenvalue weighted by molar-refractivity contribution is 0.588. The minimum absolute atomic E-state index is 0.307. The Labute approximate surface area is 91.3 Å². The molecule has 0 spiro atoms. The highest BCUT2D eigenvalue weighted by atomic mass is 35.5. The van der Waals surface area contributed by atoms with Gasteiger partial charge in [0, 0.05) is 10.6 Å². The average Bonchev–Trinajstić information content (AvgIpc) is 2.57. The third-order valence-corrected chi connectivity index (χ3v) is 2.32. The molecule has 0 saturated heterocycles. The highest BCUT2D eigenvalue weighted by Gasteiger charge is 2.05. The van der Waals surface area contributed by atoms with Gasteiger partial charge in [0.15, 0.2) is 0 Å². The molecule has 78 valence electrons. The number of benzene rings is 1. The first-order valence-electron chi connectivity index (χ1n) is 4.38. The van der Waals surface area contributed by atoms with Gasteiger partial charge in [-0.1, -0.05) is 17.7 Å². The van der Waals surface area contributed by atoms with Crippen molar-refractivity contribution in [3.8, 4) is 0 Å². The molecule has 2 N–H and O–H groups in total. The van der Waals surface area contributed by atoms with Crippen LogP contribution in [-0.2, 0) is 6.54 Å². The third-order valence-electron chi connectivity index (χ3n) is 2.08. The number of hydrogen-bond acceptors (Lipinski definition) is 2. The predicted octanol–water partition coefficient (Wildman–Crippen LogP) is 2.31. The molecule has 3 nitrogen and oxygen atoms in total. The Morgan fingerprint density at radius 3 is 2.80 bits per heavy atom. The van der Waals surface area contributed by atoms with E-state index in [-0.39, 0.29) is 5.82 Å². The molecular formula is C10H9ClFN3. The van der Waals surface area contributed by atoms with Crippen LogP contribution in [0.1, 0.15) is 5.56 Å². The van der Waals surface area contributed by atoms with Crippen molar-refractivity contribution >= 4 is 17.4 Å². The van der Waals surface area contributed by atoms with Crippen LogP contribution in [0.3, 0.4) is 0 Å². The second kappa shape index (κ2) is 3.90. The van der Waals surface area contributed by atoms with E-state index in [0.29, 0.717) is 22.9 Å². The quantitative estimate of drug-likeness (QED) is 0.853. The zero-order valence-electron chi connectivity index (χ0n) is 7.82. The molecule has 1 heterocycles. The first kappa shape index (κ1) is 9.98. The van der Waals surface area contributed by atoms with E-state index in [1.807, 2.05) is 0 Å². The van der Waals surface area contributed by atoms with Gasteiger partial charge in [0.25, 0.3) is 0 Å². The predicted molar refractivity (Wildman–Crippen MR) is 57.2 cm³/mol. The van der Waals surface area contributed by atoms with E-state index >= 15 is 0 Å². The lowest BCUT2D eigenvalue weighted by atomic mass is 10.2. The summed E-state index contributed by atoms with van der Waals surface area (Å²) in [5.41, 5.74) is 6.13. The van der Waals surface area contributed by atoms with Crippen LogP contribution in [0.25, 0.3) is 0 Å². The Morgan fingerprint density at radius 1 is 1.40 bits per heavy atom. The van der Waals surface area contributed by atoms with Gasteiger partial charge in [0.1, 0.15) is 11.6 Å². The maximum absolute atomic E-state index is 13.4. The Morgan fingerprint density at radius 2 is 2.20 bits per heavy atom. The van der Waals surface area contributed by atoms with Gasteiger partial charge in [-0.15, -0.1) is 0 Å². The lowest BCUT2D eigenvalue weighted by Crippen LogP contribution is -2.06. The number of nitrogens with zero attached hydrogens (tertiary/aromatic N) is 2. The highest BCUT2D eigenvalue weighted by molar-refractivity contribution is 6.30. The number of aromatic nitrogens is 2. The Balaban J connectivity index is 2.29. The van der Waals surface area contributed by atoms with Crippen LogP contribution in [-0.4, -0.2) is 9.78 Å². The summed E-state index contributed by atoms with van der Waals surface area (Å²) in [7, 11) is 0. The van der Waals surface area contributed by atoms with Crippen molar-refractivity contribution in [2.75, 3.05) is 5.73 Å². The Kier molecular flexibility index (Phi) is 2.60. The van der Waals surface area contributed by atoms with Crippen molar-refractivity contribution in [2.24, 2.45) is 0 Å². The molecule has 0 aliphatic carbocycles. The van der Waals surface area contributed by atoms with Crippen molar-refractivity contribution in [3.05, 3.63) is 46.9 Å². The topological polar surface area (TPSA) is 43.8 Å². The summed E-state index contributed by atoms with van der Waals surface area (Å²) in [5.74, 6) is 0.154. The van der Waals surface area contributed by atoms with Crippen LogP contribution < -0.4 is 5.73 Å². The van der Waals surface area contributed by atoms with E-state index in [9.17, 15) is 4.39 Å². The maximum atomic E-state index is 13.4. The monoisotopic (exact) mass is 225 g/mol. The van der Waals surface area contributed by atoms with Crippen LogP contribution >= 0.6 is 11.6 Å². The van der Waals surface area contributed by atoms with E-state index < -0.39 is 0 Å². The van der Waals surface area contributed by atoms with Gasteiger partial charge in [0.05, 0.1) is 12.7 Å². The van der Waals surface area contributed by atoms with Gasteiger partial charge in [0.2, 0.25) is 0 Å². The molecule has 0 aliphatic heterocycles. The lowest BCUT2D eigenvalue weighted by Gasteiger charge is -2.05. The van der Waals surface area contributed by atoms with Gasteiger partial charge in [-0.2, -0.15) is 5.10 Å². The van der Waals surface area contributed by atoms with E-state index in [1.54, 1.807) is 24.4 Å². The SMILES string of the molecule is Nc1ccnn1Cc1ccc(Cl)cc1F. The van der Waals surface area contributed by atoms with E-state index in [0.717, 1.165) is 0 Å². The van der Waals surface area contributed by atoms with Gasteiger partial charge >= 0.3 is 0 Å². The van der Waals surface area contributed by atoms with Crippen LogP contribution in [0.15, 0.2) is 30.5 Å². The Hall–Kier alpha value is -1.55. The Bertz CT molecular complexity index is 481. The van der Waals surface area contributed by atoms with Crippen LogP contribution in [0, 0.1) is 5.82 Å². The van der Waals surface area contributed by atoms with Gasteiger partial charge in [-0.25, -0.2) is 9.07 Å². The standard InChI is InChI=1S/C10H9ClFN3/c11-8-2-1-7(9(12)5-8)6-15-10(13)3-4-14-15/h1-5H,6,13H2. The fourth-order valence-electron chi connectivity index (χ4n) is 1.29. The molecule has 0 fully saturated rings. The van der Waals surface area contributed by atoms with Gasteiger partial charge < -0.3 is 5.73 Å². The fourth-order valence-corrected chi connectivity index (χ4v) is 1.45. The zero-order valence-corrected chi connectivity index (χ0v) is 8.58. The van der Waals surface area contributed by atoms with Gasteiger partial charge in [-0.05, 0) is 18.2 Å². The van der Waals surface area contributed by atoms with Crippen LogP contribution in [0.2, 0.25) is 5.02 Å². The van der Waals surface area contributed by atoms with E-state index in [1.165, 1.54) is 10.7 Å². The first-order chi connectivity index (χ1) is 7.16. The molecule has 0 amide bonds. The van der Waals surface area contributed by atoms with Crippen molar-refractivity contribution in [3.63, 3.8) is 0 Å². The number of nitrogens with two attached hydrogens (primary N) is 1. The summed E-state index contributed by atoms with van der Waals surface area (Å²) in [6.07, 6.45) is 1.57. The molecule has 0 atom stereocenters. The summed E-state index contributed by atoms with van der Waals surface area (Å²) in [6.45, 7) is 0.307. The summed E-state index contributed by atoms with van der Waals surface area (Å²) < 4.78 is 14.9. The second-order valence-corrected chi connectivity index (χ2v) is 3.59. The largest absolute Gasteiger partial charge is 0.384 e. The molecule has 0 aliphatic rings. The van der Waals surface area contributed by atoms with Crippen molar-refractivity contribution in [1.29, 1.82) is 0 Å². The molecular weight excluding hydrogens is 217 g/mol. The van der Waals surface area contributed by atoms with Crippen molar-refractivity contribution in [1.82, 2.24) is 9.78 Å². The summed E-state index contributed by atoms with van der Waals surface area (Å²) in [4.78, 5) is 0. The second-order valence-electron chi connectivity index (χ2n) is 3.15. The molecule has 1 aromatic heterocycles. The number of rotatable bonds is 2. The molecule has 2 aromatic rings. The third kappa shape index (κ3) is 2.10. The van der Waals surface area contributed by atoms with Crippen LogP contribution in [0.5, 0.6) is 0 Å². The molecule has 0 saturated carbocycles. The molecule has 5 heteroatoms. The summed E-state index contributed by atoms with van der Waals surface area (Å²) in [5, 5.41) is 4.35. The van der Waals surface area contributed by atoms with Crippen molar-refractivity contribution < 1.29 is 4.39 Å². The normalized spacial score (nSPS) is 10.5. The highest BCUT2D eigenvalue weighted by Crippen LogP contribution is 2.16. The number of halogens is 2. The summed E-state index contributed by atoms with van der Waals surface area (Å²) in [6, 6.07) is 6.20. The van der Waals surface area contributed by atoms with Gasteiger partial charge in [-0.3, -0.25) is 0 Å². The van der Waals surface area contributed by atoms with E-state index in [4.69, 9.17) is 17.3 Å².